The fourth-order valence-electron chi connectivity index (χ4n) is 5.18. The Labute approximate surface area is 227 Å². The van der Waals surface area contributed by atoms with E-state index < -0.39 is 24.0 Å². The minimum Gasteiger partial charge on any atom is -0.477 e. The number of benzene rings is 1. The van der Waals surface area contributed by atoms with E-state index in [-0.39, 0.29) is 48.2 Å². The largest absolute Gasteiger partial charge is 0.477 e. The van der Waals surface area contributed by atoms with Crippen molar-refractivity contribution in [3.63, 3.8) is 0 Å². The molecule has 10 heteroatoms. The molecular weight excluding hydrogens is 529 g/mol. The number of fused-ring (bicyclic) bond motifs is 1. The standard InChI is InChI=1S/C29H27F3N2O4S/c1-16(2)34(27(35)19-9-11-20(12-10-19)29(30,31)32)22-15-25(39-26(22)28(36)37)18-7-5-17(6-8-18)24-14-21-23(38-24)4-3-13-33-21/h3-8,13-16,19-20H,9-12H2,1-2H3,(H,36,37). The Bertz CT molecular complexity index is 1470. The fourth-order valence-corrected chi connectivity index (χ4v) is 6.18. The zero-order valence-corrected chi connectivity index (χ0v) is 22.2. The van der Waals surface area contributed by atoms with Crippen LogP contribution in [0.4, 0.5) is 18.9 Å². The second-order valence-corrected chi connectivity index (χ2v) is 11.1. The van der Waals surface area contributed by atoms with E-state index >= 15 is 0 Å². The van der Waals surface area contributed by atoms with Crippen LogP contribution < -0.4 is 4.90 Å². The van der Waals surface area contributed by atoms with Crippen molar-refractivity contribution in [3.05, 3.63) is 59.6 Å². The summed E-state index contributed by atoms with van der Waals surface area (Å²) in [6.45, 7) is 3.55. The number of hydrogen-bond acceptors (Lipinski definition) is 5. The van der Waals surface area contributed by atoms with Gasteiger partial charge in [-0.15, -0.1) is 11.3 Å². The summed E-state index contributed by atoms with van der Waals surface area (Å²) in [5.41, 5.74) is 3.30. The lowest BCUT2D eigenvalue weighted by Crippen LogP contribution is -2.43. The number of rotatable bonds is 6. The van der Waals surface area contributed by atoms with E-state index in [2.05, 4.69) is 4.98 Å². The molecule has 0 radical (unpaired) electrons. The summed E-state index contributed by atoms with van der Waals surface area (Å²) in [6.07, 6.45) is -2.51. The Morgan fingerprint density at radius 3 is 2.31 bits per heavy atom. The Morgan fingerprint density at radius 2 is 1.72 bits per heavy atom. The Hall–Kier alpha value is -3.66. The third-order valence-corrected chi connectivity index (χ3v) is 8.36. The minimum atomic E-state index is -4.26. The number of thiophene rings is 1. The van der Waals surface area contributed by atoms with Gasteiger partial charge in [0.05, 0.1) is 11.6 Å². The molecule has 1 amide bonds. The quantitative estimate of drug-likeness (QED) is 0.260. The molecule has 1 saturated carbocycles. The van der Waals surface area contributed by atoms with Crippen molar-refractivity contribution in [2.24, 2.45) is 11.8 Å². The number of alkyl halides is 3. The topological polar surface area (TPSA) is 83.6 Å². The van der Waals surface area contributed by atoms with Crippen molar-refractivity contribution in [2.75, 3.05) is 4.90 Å². The van der Waals surface area contributed by atoms with Crippen LogP contribution in [0.5, 0.6) is 0 Å². The van der Waals surface area contributed by atoms with Crippen LogP contribution in [0.1, 0.15) is 49.2 Å². The van der Waals surface area contributed by atoms with E-state index in [1.54, 1.807) is 32.2 Å². The lowest BCUT2D eigenvalue weighted by Gasteiger charge is -2.34. The highest BCUT2D eigenvalue weighted by Gasteiger charge is 2.43. The summed E-state index contributed by atoms with van der Waals surface area (Å²) in [5, 5.41) is 9.96. The highest BCUT2D eigenvalue weighted by Crippen LogP contribution is 2.43. The highest BCUT2D eigenvalue weighted by atomic mass is 32.1. The summed E-state index contributed by atoms with van der Waals surface area (Å²) < 4.78 is 45.3. The number of carbonyl (C=O) groups excluding carboxylic acids is 1. The zero-order valence-electron chi connectivity index (χ0n) is 21.4. The van der Waals surface area contributed by atoms with Gasteiger partial charge in [-0.1, -0.05) is 24.3 Å². The van der Waals surface area contributed by atoms with Gasteiger partial charge in [0.15, 0.2) is 5.58 Å². The third-order valence-electron chi connectivity index (χ3n) is 7.20. The highest BCUT2D eigenvalue weighted by molar-refractivity contribution is 7.18. The van der Waals surface area contributed by atoms with Crippen molar-refractivity contribution >= 4 is 40.0 Å². The number of nitrogens with zero attached hydrogens (tertiary/aromatic N) is 2. The number of carboxylic acids is 1. The van der Waals surface area contributed by atoms with Crippen LogP contribution in [-0.2, 0) is 4.79 Å². The first-order valence-electron chi connectivity index (χ1n) is 12.7. The normalized spacial score (nSPS) is 18.0. The number of halogens is 3. The maximum atomic E-state index is 13.5. The summed E-state index contributed by atoms with van der Waals surface area (Å²) in [6, 6.07) is 14.3. The first-order chi connectivity index (χ1) is 18.5. The molecule has 1 N–H and O–H groups in total. The molecule has 6 nitrogen and oxygen atoms in total. The number of carbonyl (C=O) groups is 2. The van der Waals surface area contributed by atoms with E-state index in [9.17, 15) is 27.9 Å². The molecule has 0 atom stereocenters. The Balaban J connectivity index is 1.42. The van der Waals surface area contributed by atoms with Crippen molar-refractivity contribution in [2.45, 2.75) is 51.7 Å². The van der Waals surface area contributed by atoms with Crippen LogP contribution >= 0.6 is 11.3 Å². The van der Waals surface area contributed by atoms with Crippen LogP contribution in [0.15, 0.2) is 59.1 Å². The SMILES string of the molecule is CC(C)N(C(=O)C1CCC(C(F)(F)F)CC1)c1cc(-c2ccc(-c3cc4ncccc4o3)cc2)sc1C(=O)O. The van der Waals surface area contributed by atoms with Crippen molar-refractivity contribution in [1.29, 1.82) is 0 Å². The monoisotopic (exact) mass is 556 g/mol. The molecular formula is C29H27F3N2O4S. The average Bonchev–Trinajstić information content (AvgIpc) is 3.53. The maximum Gasteiger partial charge on any atom is 0.391 e. The second kappa shape index (κ2) is 10.5. The molecule has 1 aromatic carbocycles. The molecule has 5 rings (SSSR count). The predicted octanol–water partition coefficient (Wildman–Crippen LogP) is 8.03. The van der Waals surface area contributed by atoms with E-state index in [0.29, 0.717) is 16.2 Å². The van der Waals surface area contributed by atoms with E-state index in [1.807, 2.05) is 36.4 Å². The number of furan rings is 1. The number of amides is 1. The summed E-state index contributed by atoms with van der Waals surface area (Å²) in [7, 11) is 0. The number of carboxylic acid groups (broad SMARTS) is 1. The summed E-state index contributed by atoms with van der Waals surface area (Å²) >= 11 is 1.06. The van der Waals surface area contributed by atoms with Crippen LogP contribution in [0, 0.1) is 11.8 Å². The number of pyridine rings is 1. The second-order valence-electron chi connectivity index (χ2n) is 10.1. The van der Waals surface area contributed by atoms with Gasteiger partial charge < -0.3 is 14.4 Å². The lowest BCUT2D eigenvalue weighted by molar-refractivity contribution is -0.184. The lowest BCUT2D eigenvalue weighted by atomic mass is 9.81. The van der Waals surface area contributed by atoms with Crippen LogP contribution in [-0.4, -0.2) is 34.2 Å². The summed E-state index contributed by atoms with van der Waals surface area (Å²) in [5.74, 6) is -2.80. The molecule has 3 aromatic heterocycles. The molecule has 1 aliphatic carbocycles. The first kappa shape index (κ1) is 26.9. The number of hydrogen-bond donors (Lipinski definition) is 1. The van der Waals surface area contributed by atoms with Gasteiger partial charge in [0.1, 0.15) is 16.2 Å². The number of aromatic nitrogens is 1. The molecule has 0 bridgehead atoms. The number of anilines is 1. The Kier molecular flexibility index (Phi) is 7.24. The van der Waals surface area contributed by atoms with Gasteiger partial charge in [0, 0.05) is 34.7 Å². The average molecular weight is 557 g/mol. The molecule has 1 fully saturated rings. The molecule has 3 heterocycles. The first-order valence-corrected chi connectivity index (χ1v) is 13.6. The fraction of sp³-hybridized carbons (Fsp3) is 0.345. The van der Waals surface area contributed by atoms with Gasteiger partial charge in [0.25, 0.3) is 0 Å². The minimum absolute atomic E-state index is 0.0171. The Morgan fingerprint density at radius 1 is 1.05 bits per heavy atom. The van der Waals surface area contributed by atoms with Gasteiger partial charge in [-0.2, -0.15) is 13.2 Å². The molecule has 204 valence electrons. The van der Waals surface area contributed by atoms with Gasteiger partial charge >= 0.3 is 12.1 Å². The number of aromatic carboxylic acids is 1. The van der Waals surface area contributed by atoms with E-state index in [4.69, 9.17) is 4.42 Å². The van der Waals surface area contributed by atoms with E-state index in [0.717, 1.165) is 28.0 Å². The summed E-state index contributed by atoms with van der Waals surface area (Å²) in [4.78, 5) is 32.1. The van der Waals surface area contributed by atoms with Gasteiger partial charge in [-0.05, 0) is 63.3 Å². The van der Waals surface area contributed by atoms with Crippen molar-refractivity contribution in [1.82, 2.24) is 4.98 Å². The molecule has 0 saturated heterocycles. The molecule has 0 aliphatic heterocycles. The molecule has 0 spiro atoms. The maximum absolute atomic E-state index is 13.5. The van der Waals surface area contributed by atoms with Crippen molar-refractivity contribution in [3.8, 4) is 21.8 Å². The predicted molar refractivity (Wildman–Crippen MR) is 144 cm³/mol. The molecule has 4 aromatic rings. The third kappa shape index (κ3) is 5.43. The smallest absolute Gasteiger partial charge is 0.391 e. The zero-order chi connectivity index (χ0) is 27.9. The van der Waals surface area contributed by atoms with Gasteiger partial charge in [-0.25, -0.2) is 4.79 Å². The van der Waals surface area contributed by atoms with Crippen LogP contribution in [0.2, 0.25) is 0 Å². The van der Waals surface area contributed by atoms with Gasteiger partial charge in [0.2, 0.25) is 5.91 Å². The molecule has 39 heavy (non-hydrogen) atoms. The van der Waals surface area contributed by atoms with E-state index in [1.165, 1.54) is 4.90 Å². The van der Waals surface area contributed by atoms with Crippen LogP contribution in [0.3, 0.4) is 0 Å². The van der Waals surface area contributed by atoms with Crippen LogP contribution in [0.25, 0.3) is 32.9 Å². The molecule has 0 unspecified atom stereocenters. The molecule has 1 aliphatic rings. The van der Waals surface area contributed by atoms with Gasteiger partial charge in [-0.3, -0.25) is 9.78 Å². The van der Waals surface area contributed by atoms with Crippen molar-refractivity contribution < 1.29 is 32.3 Å².